The quantitative estimate of drug-likeness (QED) is 0.530. The van der Waals surface area contributed by atoms with Gasteiger partial charge in [0.1, 0.15) is 6.23 Å². The van der Waals surface area contributed by atoms with E-state index >= 15 is 0 Å². The van der Waals surface area contributed by atoms with Gasteiger partial charge in [0.2, 0.25) is 6.41 Å². The maximum Gasteiger partial charge on any atom is 0.212 e. The topological polar surface area (TPSA) is 29.5 Å². The maximum atomic E-state index is 10.4. The van der Waals surface area contributed by atoms with Crippen LogP contribution in [0.3, 0.4) is 0 Å². The van der Waals surface area contributed by atoms with Gasteiger partial charge < -0.3 is 9.64 Å². The predicted octanol–water partition coefficient (Wildman–Crippen LogP) is 0.600. The molecule has 10 heavy (non-hydrogen) atoms. The average molecular weight is 143 g/mol. The van der Waals surface area contributed by atoms with Crippen LogP contribution in [0.4, 0.5) is 0 Å². The Morgan fingerprint density at radius 3 is 2.50 bits per heavy atom. The van der Waals surface area contributed by atoms with E-state index < -0.39 is 0 Å². The highest BCUT2D eigenvalue weighted by Gasteiger charge is 2.44. The van der Waals surface area contributed by atoms with Crippen molar-refractivity contribution in [2.24, 2.45) is 0 Å². The third kappa shape index (κ3) is 0.904. The van der Waals surface area contributed by atoms with Gasteiger partial charge in [-0.05, 0) is 13.8 Å². The van der Waals surface area contributed by atoms with Crippen LogP contribution in [0.1, 0.15) is 20.3 Å². The maximum absolute atomic E-state index is 10.4. The van der Waals surface area contributed by atoms with E-state index in [4.69, 9.17) is 4.74 Å². The van der Waals surface area contributed by atoms with Crippen molar-refractivity contribution in [2.45, 2.75) is 32.0 Å². The van der Waals surface area contributed by atoms with Gasteiger partial charge in [-0.2, -0.15) is 0 Å². The second-order valence-electron chi connectivity index (χ2n) is 3.22. The van der Waals surface area contributed by atoms with Crippen molar-refractivity contribution in [1.29, 1.82) is 0 Å². The fourth-order valence-corrected chi connectivity index (χ4v) is 1.32. The van der Waals surface area contributed by atoms with Gasteiger partial charge in [-0.15, -0.1) is 0 Å². The van der Waals surface area contributed by atoms with Gasteiger partial charge in [0, 0.05) is 19.1 Å². The molecule has 1 aliphatic heterocycles. The van der Waals surface area contributed by atoms with E-state index in [0.717, 1.165) is 12.8 Å². The number of carbonyl (C=O) groups excluding carboxylic acids is 1. The molecule has 1 unspecified atom stereocenters. The number of carbonyl (C=O) groups is 1. The van der Waals surface area contributed by atoms with Crippen molar-refractivity contribution < 1.29 is 9.53 Å². The third-order valence-corrected chi connectivity index (χ3v) is 2.07. The number of nitrogens with zero attached hydrogens (tertiary/aromatic N) is 1. The summed E-state index contributed by atoms with van der Waals surface area (Å²) in [6, 6.07) is 0. The Bertz CT molecular complexity index is 145. The third-order valence-electron chi connectivity index (χ3n) is 2.07. The minimum atomic E-state index is 0.00241. The first-order chi connectivity index (χ1) is 4.61. The summed E-state index contributed by atoms with van der Waals surface area (Å²) >= 11 is 0. The molecule has 1 saturated heterocycles. The highest BCUT2D eigenvalue weighted by molar-refractivity contribution is 5.51. The smallest absolute Gasteiger partial charge is 0.212 e. The van der Waals surface area contributed by atoms with Crippen LogP contribution in [0, 0.1) is 0 Å². The molecule has 0 spiro atoms. The van der Waals surface area contributed by atoms with Crippen molar-refractivity contribution in [3.8, 4) is 0 Å². The van der Waals surface area contributed by atoms with E-state index in [1.165, 1.54) is 0 Å². The second-order valence-corrected chi connectivity index (χ2v) is 3.22. The monoisotopic (exact) mass is 143 g/mol. The van der Waals surface area contributed by atoms with Crippen LogP contribution in [0.5, 0.6) is 0 Å². The molecular formula is C7H13NO2. The molecule has 0 bridgehead atoms. The molecule has 1 heterocycles. The Kier molecular flexibility index (Phi) is 1.68. The summed E-state index contributed by atoms with van der Waals surface area (Å²) < 4.78 is 5.02. The lowest BCUT2D eigenvalue weighted by Crippen LogP contribution is -2.62. The zero-order valence-corrected chi connectivity index (χ0v) is 6.63. The van der Waals surface area contributed by atoms with E-state index in [1.54, 1.807) is 12.0 Å². The van der Waals surface area contributed by atoms with Crippen LogP contribution in [-0.2, 0) is 9.53 Å². The Balaban J connectivity index is 2.54. The van der Waals surface area contributed by atoms with E-state index in [1.807, 2.05) is 13.8 Å². The van der Waals surface area contributed by atoms with Gasteiger partial charge in [0.15, 0.2) is 0 Å². The van der Waals surface area contributed by atoms with Crippen molar-refractivity contribution in [1.82, 2.24) is 4.90 Å². The van der Waals surface area contributed by atoms with Gasteiger partial charge in [0.25, 0.3) is 0 Å². The van der Waals surface area contributed by atoms with Crippen LogP contribution in [-0.4, -0.2) is 30.2 Å². The Morgan fingerprint density at radius 2 is 2.30 bits per heavy atom. The number of methoxy groups -OCH3 is 1. The molecule has 0 aromatic carbocycles. The Hall–Kier alpha value is -0.570. The molecule has 1 atom stereocenters. The minimum Gasteiger partial charge on any atom is -0.361 e. The van der Waals surface area contributed by atoms with Crippen LogP contribution in [0.25, 0.3) is 0 Å². The molecule has 0 aromatic rings. The number of hydrogen-bond donors (Lipinski definition) is 0. The van der Waals surface area contributed by atoms with E-state index in [9.17, 15) is 4.79 Å². The largest absolute Gasteiger partial charge is 0.361 e. The summed E-state index contributed by atoms with van der Waals surface area (Å²) in [6.07, 6.45) is 1.78. The highest BCUT2D eigenvalue weighted by Crippen LogP contribution is 2.34. The lowest BCUT2D eigenvalue weighted by Gasteiger charge is -2.51. The summed E-state index contributed by atoms with van der Waals surface area (Å²) in [4.78, 5) is 12.1. The molecule has 0 N–H and O–H groups in total. The van der Waals surface area contributed by atoms with Gasteiger partial charge in [-0.3, -0.25) is 4.79 Å². The molecule has 1 fully saturated rings. The van der Waals surface area contributed by atoms with Gasteiger partial charge in [-0.1, -0.05) is 0 Å². The first-order valence-corrected chi connectivity index (χ1v) is 3.38. The summed E-state index contributed by atoms with van der Waals surface area (Å²) in [5.74, 6) is 0. The molecule has 1 aliphatic rings. The van der Waals surface area contributed by atoms with Crippen molar-refractivity contribution in [3.63, 3.8) is 0 Å². The number of hydrogen-bond acceptors (Lipinski definition) is 2. The minimum absolute atomic E-state index is 0.00241. The van der Waals surface area contributed by atoms with Gasteiger partial charge >= 0.3 is 0 Å². The first-order valence-electron chi connectivity index (χ1n) is 3.38. The Morgan fingerprint density at radius 1 is 1.70 bits per heavy atom. The van der Waals surface area contributed by atoms with E-state index in [-0.39, 0.29) is 11.8 Å². The molecule has 1 amide bonds. The van der Waals surface area contributed by atoms with Crippen LogP contribution in [0.2, 0.25) is 0 Å². The van der Waals surface area contributed by atoms with E-state index in [2.05, 4.69) is 0 Å². The number of ether oxygens (including phenoxy) is 1. The second kappa shape index (κ2) is 2.23. The summed E-state index contributed by atoms with van der Waals surface area (Å²) in [7, 11) is 1.62. The van der Waals surface area contributed by atoms with E-state index in [0.29, 0.717) is 0 Å². The highest BCUT2D eigenvalue weighted by atomic mass is 16.5. The molecule has 3 nitrogen and oxygen atoms in total. The molecule has 0 radical (unpaired) electrons. The summed E-state index contributed by atoms with van der Waals surface area (Å²) in [5.41, 5.74) is 0.00241. The molecule has 58 valence electrons. The van der Waals surface area contributed by atoms with Crippen LogP contribution >= 0.6 is 0 Å². The summed E-state index contributed by atoms with van der Waals surface area (Å²) in [6.45, 7) is 4.05. The van der Waals surface area contributed by atoms with Gasteiger partial charge in [0.05, 0.1) is 0 Å². The normalized spacial score (nSPS) is 29.5. The van der Waals surface area contributed by atoms with Crippen molar-refractivity contribution in [3.05, 3.63) is 0 Å². The van der Waals surface area contributed by atoms with Crippen molar-refractivity contribution >= 4 is 6.41 Å². The SMILES string of the molecule is COC1CC(C)(C)N1C=O. The summed E-state index contributed by atoms with van der Waals surface area (Å²) in [5, 5.41) is 0. The lowest BCUT2D eigenvalue weighted by atomic mass is 9.88. The van der Waals surface area contributed by atoms with Crippen molar-refractivity contribution in [2.75, 3.05) is 7.11 Å². The fourth-order valence-electron chi connectivity index (χ4n) is 1.32. The van der Waals surface area contributed by atoms with Crippen LogP contribution in [0.15, 0.2) is 0 Å². The standard InChI is InChI=1S/C7H13NO2/c1-7(2)4-6(10-3)8(7)5-9/h5-6H,4H2,1-3H3. The zero-order chi connectivity index (χ0) is 7.78. The fraction of sp³-hybridized carbons (Fsp3) is 0.857. The average Bonchev–Trinajstić information content (AvgIpc) is 1.84. The van der Waals surface area contributed by atoms with Gasteiger partial charge in [-0.25, -0.2) is 0 Å². The molecule has 0 aliphatic carbocycles. The number of likely N-dealkylation sites (tertiary alicyclic amines) is 1. The van der Waals surface area contributed by atoms with Crippen LogP contribution < -0.4 is 0 Å². The number of amides is 1. The zero-order valence-electron chi connectivity index (χ0n) is 6.63. The lowest BCUT2D eigenvalue weighted by molar-refractivity contribution is -0.180. The molecule has 0 saturated carbocycles. The predicted molar refractivity (Wildman–Crippen MR) is 37.4 cm³/mol. The Labute approximate surface area is 61.0 Å². The molecular weight excluding hydrogens is 130 g/mol. The number of rotatable bonds is 2. The molecule has 3 heteroatoms. The molecule has 0 aromatic heterocycles. The first kappa shape index (κ1) is 7.54. The molecule has 1 rings (SSSR count).